The summed E-state index contributed by atoms with van der Waals surface area (Å²) < 4.78 is 5.34. The number of carbonyl (C=O) groups is 2. The second kappa shape index (κ2) is 8.55. The van der Waals surface area contributed by atoms with E-state index >= 15 is 0 Å². The molecule has 7 heteroatoms. The van der Waals surface area contributed by atoms with Crippen LogP contribution in [0.25, 0.3) is 0 Å². The summed E-state index contributed by atoms with van der Waals surface area (Å²) in [6, 6.07) is 7.75. The Bertz CT molecular complexity index is 910. The van der Waals surface area contributed by atoms with Gasteiger partial charge in [-0.1, -0.05) is 12.1 Å². The number of carbonyl (C=O) groups excluding carboxylic acids is 2. The van der Waals surface area contributed by atoms with Gasteiger partial charge in [0, 0.05) is 37.6 Å². The second-order valence-electron chi connectivity index (χ2n) is 7.72. The molecule has 3 heterocycles. The van der Waals surface area contributed by atoms with Crippen LogP contribution in [0.15, 0.2) is 29.6 Å². The van der Waals surface area contributed by atoms with E-state index in [4.69, 9.17) is 4.74 Å². The average molecular weight is 414 g/mol. The van der Waals surface area contributed by atoms with Crippen molar-refractivity contribution in [3.05, 3.63) is 51.2 Å². The van der Waals surface area contributed by atoms with Gasteiger partial charge in [-0.2, -0.15) is 0 Å². The highest BCUT2D eigenvalue weighted by atomic mass is 32.1. The summed E-state index contributed by atoms with van der Waals surface area (Å²) in [5, 5.41) is 5.02. The summed E-state index contributed by atoms with van der Waals surface area (Å²) in [7, 11) is 1.66. The molecule has 154 valence electrons. The molecular weight excluding hydrogens is 386 g/mol. The van der Waals surface area contributed by atoms with Gasteiger partial charge in [0.05, 0.1) is 19.6 Å². The van der Waals surface area contributed by atoms with Gasteiger partial charge < -0.3 is 15.0 Å². The Hall–Kier alpha value is -2.38. The largest absolute Gasteiger partial charge is 0.496 e. The minimum atomic E-state index is -0.428. The van der Waals surface area contributed by atoms with Crippen molar-refractivity contribution in [3.63, 3.8) is 0 Å². The Kier molecular flexibility index (Phi) is 5.87. The number of amides is 2. The lowest BCUT2D eigenvalue weighted by Gasteiger charge is -2.36. The van der Waals surface area contributed by atoms with Crippen molar-refractivity contribution < 1.29 is 14.3 Å². The minimum absolute atomic E-state index is 0.0527. The van der Waals surface area contributed by atoms with E-state index in [1.54, 1.807) is 18.4 Å². The number of ether oxygens (including phenoxy) is 1. The third kappa shape index (κ3) is 4.31. The van der Waals surface area contributed by atoms with Crippen molar-refractivity contribution in [1.82, 2.24) is 15.1 Å². The molecular formula is C22H27N3O3S. The van der Waals surface area contributed by atoms with Crippen LogP contribution >= 0.6 is 11.3 Å². The van der Waals surface area contributed by atoms with E-state index in [9.17, 15) is 9.59 Å². The van der Waals surface area contributed by atoms with E-state index in [1.807, 2.05) is 24.0 Å². The fourth-order valence-corrected chi connectivity index (χ4v) is 5.09. The molecule has 0 saturated carbocycles. The number of piperazine rings is 1. The van der Waals surface area contributed by atoms with Gasteiger partial charge in [-0.05, 0) is 47.5 Å². The molecule has 4 rings (SSSR count). The molecule has 1 atom stereocenters. The number of methoxy groups -OCH3 is 1. The Labute approximate surface area is 175 Å². The van der Waals surface area contributed by atoms with E-state index in [0.717, 1.165) is 36.4 Å². The Balaban J connectivity index is 1.44. The van der Waals surface area contributed by atoms with Gasteiger partial charge in [-0.25, -0.2) is 0 Å². The molecule has 0 spiro atoms. The van der Waals surface area contributed by atoms with Crippen LogP contribution in [0.3, 0.4) is 0 Å². The monoisotopic (exact) mass is 413 g/mol. The molecule has 2 aliphatic heterocycles. The van der Waals surface area contributed by atoms with Gasteiger partial charge in [-0.3, -0.25) is 14.5 Å². The van der Waals surface area contributed by atoms with Crippen LogP contribution in [0.5, 0.6) is 5.75 Å². The molecule has 0 radical (unpaired) electrons. The number of fused-ring (bicyclic) bond motifs is 1. The number of thiophene rings is 1. The Morgan fingerprint density at radius 2 is 2.17 bits per heavy atom. The van der Waals surface area contributed by atoms with Crippen LogP contribution in [-0.4, -0.2) is 54.4 Å². The van der Waals surface area contributed by atoms with Crippen LogP contribution in [0.4, 0.5) is 0 Å². The normalized spacial score (nSPS) is 19.6. The predicted octanol–water partition coefficient (Wildman–Crippen LogP) is 2.34. The molecule has 1 aromatic carbocycles. The SMILES string of the molecule is COc1ccc(CN2CCNC(=O)C2CC(=O)N2CCc3sccc3C2)cc1C. The first kappa shape index (κ1) is 19.9. The number of nitrogens with zero attached hydrogens (tertiary/aromatic N) is 2. The number of benzene rings is 1. The first-order valence-electron chi connectivity index (χ1n) is 10.0. The number of hydrogen-bond acceptors (Lipinski definition) is 5. The lowest BCUT2D eigenvalue weighted by molar-refractivity contribution is -0.139. The standard InChI is InChI=1S/C22H27N3O3S/c1-15-11-16(3-4-19(15)28-2)13-24-9-7-23-22(27)18(24)12-21(26)25-8-5-20-17(14-25)6-10-29-20/h3-4,6,10-11,18H,5,7-9,12-14H2,1-2H3,(H,23,27). The number of rotatable bonds is 5. The van der Waals surface area contributed by atoms with Crippen molar-refractivity contribution in [2.24, 2.45) is 0 Å². The van der Waals surface area contributed by atoms with Gasteiger partial charge in [0.15, 0.2) is 0 Å². The Morgan fingerprint density at radius 3 is 2.97 bits per heavy atom. The third-order valence-electron chi connectivity index (χ3n) is 5.81. The summed E-state index contributed by atoms with van der Waals surface area (Å²) in [5.41, 5.74) is 3.43. The zero-order chi connectivity index (χ0) is 20.4. The summed E-state index contributed by atoms with van der Waals surface area (Å²) in [6.45, 7) is 5.40. The number of nitrogens with one attached hydrogen (secondary N) is 1. The van der Waals surface area contributed by atoms with E-state index in [2.05, 4.69) is 27.7 Å². The zero-order valence-corrected chi connectivity index (χ0v) is 17.8. The van der Waals surface area contributed by atoms with Crippen LogP contribution in [0, 0.1) is 6.92 Å². The van der Waals surface area contributed by atoms with E-state index < -0.39 is 6.04 Å². The summed E-state index contributed by atoms with van der Waals surface area (Å²) >= 11 is 1.76. The van der Waals surface area contributed by atoms with Crippen molar-refractivity contribution >= 4 is 23.2 Å². The molecule has 0 bridgehead atoms. The summed E-state index contributed by atoms with van der Waals surface area (Å²) in [5.74, 6) is 0.859. The first-order chi connectivity index (χ1) is 14.0. The molecule has 2 aromatic rings. The van der Waals surface area contributed by atoms with Gasteiger partial charge in [0.2, 0.25) is 11.8 Å². The first-order valence-corrected chi connectivity index (χ1v) is 10.9. The average Bonchev–Trinajstić information content (AvgIpc) is 3.18. The maximum absolute atomic E-state index is 13.0. The lowest BCUT2D eigenvalue weighted by Crippen LogP contribution is -2.56. The van der Waals surface area contributed by atoms with Gasteiger partial charge in [0.25, 0.3) is 0 Å². The molecule has 1 aromatic heterocycles. The molecule has 1 N–H and O–H groups in total. The fourth-order valence-electron chi connectivity index (χ4n) is 4.20. The van der Waals surface area contributed by atoms with E-state index in [0.29, 0.717) is 19.6 Å². The molecule has 1 saturated heterocycles. The summed E-state index contributed by atoms with van der Waals surface area (Å²) in [6.07, 6.45) is 1.13. The smallest absolute Gasteiger partial charge is 0.237 e. The van der Waals surface area contributed by atoms with Crippen molar-refractivity contribution in [1.29, 1.82) is 0 Å². The highest BCUT2D eigenvalue weighted by Crippen LogP contribution is 2.25. The van der Waals surface area contributed by atoms with E-state index in [-0.39, 0.29) is 18.2 Å². The van der Waals surface area contributed by atoms with Crippen LogP contribution in [0.1, 0.15) is 28.0 Å². The molecule has 0 aliphatic carbocycles. The minimum Gasteiger partial charge on any atom is -0.496 e. The zero-order valence-electron chi connectivity index (χ0n) is 16.9. The lowest BCUT2D eigenvalue weighted by atomic mass is 10.0. The van der Waals surface area contributed by atoms with Crippen LogP contribution in [-0.2, 0) is 29.1 Å². The highest BCUT2D eigenvalue weighted by Gasteiger charge is 2.33. The van der Waals surface area contributed by atoms with Crippen molar-refractivity contribution in [2.45, 2.75) is 38.9 Å². The number of aryl methyl sites for hydroxylation is 1. The van der Waals surface area contributed by atoms with Crippen LogP contribution in [0.2, 0.25) is 0 Å². The quantitative estimate of drug-likeness (QED) is 0.817. The Morgan fingerprint density at radius 1 is 1.31 bits per heavy atom. The van der Waals surface area contributed by atoms with E-state index in [1.165, 1.54) is 10.4 Å². The predicted molar refractivity (Wildman–Crippen MR) is 113 cm³/mol. The third-order valence-corrected chi connectivity index (χ3v) is 6.84. The van der Waals surface area contributed by atoms with Gasteiger partial charge >= 0.3 is 0 Å². The van der Waals surface area contributed by atoms with Gasteiger partial charge in [-0.15, -0.1) is 11.3 Å². The molecule has 2 amide bonds. The maximum Gasteiger partial charge on any atom is 0.237 e. The second-order valence-corrected chi connectivity index (χ2v) is 8.72. The maximum atomic E-state index is 13.0. The summed E-state index contributed by atoms with van der Waals surface area (Å²) in [4.78, 5) is 31.0. The molecule has 1 fully saturated rings. The van der Waals surface area contributed by atoms with Crippen molar-refractivity contribution in [3.8, 4) is 5.75 Å². The topological polar surface area (TPSA) is 61.9 Å². The molecule has 2 aliphatic rings. The van der Waals surface area contributed by atoms with Gasteiger partial charge in [0.1, 0.15) is 5.75 Å². The van der Waals surface area contributed by atoms with Crippen LogP contribution < -0.4 is 10.1 Å². The highest BCUT2D eigenvalue weighted by molar-refractivity contribution is 7.10. The number of hydrogen-bond donors (Lipinski definition) is 1. The molecule has 1 unspecified atom stereocenters. The molecule has 29 heavy (non-hydrogen) atoms. The fraction of sp³-hybridized carbons (Fsp3) is 0.455. The van der Waals surface area contributed by atoms with Crippen molar-refractivity contribution in [2.75, 3.05) is 26.7 Å². The molecule has 6 nitrogen and oxygen atoms in total.